The van der Waals surface area contributed by atoms with Crippen molar-refractivity contribution >= 4 is 6.29 Å². The van der Waals surface area contributed by atoms with Crippen molar-refractivity contribution in [2.45, 2.75) is 13.5 Å². The van der Waals surface area contributed by atoms with E-state index in [0.29, 0.717) is 17.9 Å². The SMILES string of the molecule is Cc1cccc(-c2cccc(OCc3ccccc3)c2C=O)c1. The third-order valence-electron chi connectivity index (χ3n) is 3.75. The van der Waals surface area contributed by atoms with Gasteiger partial charge in [0.15, 0.2) is 6.29 Å². The minimum absolute atomic E-state index is 0.443. The van der Waals surface area contributed by atoms with Crippen LogP contribution in [-0.2, 0) is 6.61 Å². The number of carbonyl (C=O) groups is 1. The zero-order valence-electron chi connectivity index (χ0n) is 13.0. The largest absolute Gasteiger partial charge is 0.488 e. The topological polar surface area (TPSA) is 26.3 Å². The van der Waals surface area contributed by atoms with Crippen molar-refractivity contribution in [3.63, 3.8) is 0 Å². The van der Waals surface area contributed by atoms with E-state index in [0.717, 1.165) is 28.5 Å². The van der Waals surface area contributed by atoms with Crippen LogP contribution >= 0.6 is 0 Å². The molecule has 0 N–H and O–H groups in total. The van der Waals surface area contributed by atoms with E-state index in [1.165, 1.54) is 0 Å². The Hall–Kier alpha value is -2.87. The Kier molecular flexibility index (Phi) is 4.53. The number of carbonyl (C=O) groups excluding carboxylic acids is 1. The van der Waals surface area contributed by atoms with Gasteiger partial charge in [-0.15, -0.1) is 0 Å². The van der Waals surface area contributed by atoms with Crippen molar-refractivity contribution in [1.82, 2.24) is 0 Å². The summed E-state index contributed by atoms with van der Waals surface area (Å²) in [5, 5.41) is 0. The standard InChI is InChI=1S/C21H18O2/c1-16-7-5-10-18(13-16)19-11-6-12-21(20(19)14-22)23-15-17-8-3-2-4-9-17/h2-14H,15H2,1H3. The van der Waals surface area contributed by atoms with Crippen LogP contribution < -0.4 is 4.74 Å². The van der Waals surface area contributed by atoms with Crippen LogP contribution in [0.15, 0.2) is 72.8 Å². The molecular weight excluding hydrogens is 284 g/mol. The number of aldehydes is 1. The molecule has 0 bridgehead atoms. The Balaban J connectivity index is 1.92. The van der Waals surface area contributed by atoms with Crippen LogP contribution in [-0.4, -0.2) is 6.29 Å². The lowest BCUT2D eigenvalue weighted by Gasteiger charge is -2.12. The van der Waals surface area contributed by atoms with E-state index in [-0.39, 0.29) is 0 Å². The average Bonchev–Trinajstić information content (AvgIpc) is 2.60. The van der Waals surface area contributed by atoms with E-state index in [1.54, 1.807) is 0 Å². The Bertz CT molecular complexity index is 807. The first-order valence-corrected chi connectivity index (χ1v) is 7.60. The molecule has 114 valence electrons. The maximum atomic E-state index is 11.6. The normalized spacial score (nSPS) is 10.3. The summed E-state index contributed by atoms with van der Waals surface area (Å²) in [4.78, 5) is 11.6. The van der Waals surface area contributed by atoms with Crippen LogP contribution in [0.2, 0.25) is 0 Å². The lowest BCUT2D eigenvalue weighted by Crippen LogP contribution is -1.99. The fourth-order valence-corrected chi connectivity index (χ4v) is 2.59. The first kappa shape index (κ1) is 15.0. The molecule has 0 atom stereocenters. The maximum absolute atomic E-state index is 11.6. The molecule has 0 fully saturated rings. The molecule has 3 aromatic carbocycles. The molecule has 0 aliphatic rings. The first-order valence-electron chi connectivity index (χ1n) is 7.60. The number of ether oxygens (including phenoxy) is 1. The van der Waals surface area contributed by atoms with Crippen LogP contribution in [0.4, 0.5) is 0 Å². The molecule has 2 nitrogen and oxygen atoms in total. The summed E-state index contributed by atoms with van der Waals surface area (Å²) in [6.45, 7) is 2.48. The minimum atomic E-state index is 0.443. The first-order chi connectivity index (χ1) is 11.3. The smallest absolute Gasteiger partial charge is 0.154 e. The van der Waals surface area contributed by atoms with E-state index >= 15 is 0 Å². The maximum Gasteiger partial charge on any atom is 0.154 e. The van der Waals surface area contributed by atoms with Gasteiger partial charge < -0.3 is 4.74 Å². The van der Waals surface area contributed by atoms with Gasteiger partial charge in [0.25, 0.3) is 0 Å². The van der Waals surface area contributed by atoms with Gasteiger partial charge >= 0.3 is 0 Å². The Morgan fingerprint density at radius 1 is 0.913 bits per heavy atom. The molecule has 0 aliphatic heterocycles. The van der Waals surface area contributed by atoms with Crippen LogP contribution in [0.5, 0.6) is 5.75 Å². The summed E-state index contributed by atoms with van der Waals surface area (Å²) in [6, 6.07) is 23.8. The van der Waals surface area contributed by atoms with Crippen molar-refractivity contribution in [1.29, 1.82) is 0 Å². The van der Waals surface area contributed by atoms with Gasteiger partial charge in [-0.3, -0.25) is 4.79 Å². The average molecular weight is 302 g/mol. The van der Waals surface area contributed by atoms with Crippen molar-refractivity contribution in [2.75, 3.05) is 0 Å². The third kappa shape index (κ3) is 3.49. The number of rotatable bonds is 5. The summed E-state index contributed by atoms with van der Waals surface area (Å²) >= 11 is 0. The van der Waals surface area contributed by atoms with Crippen LogP contribution in [0.1, 0.15) is 21.5 Å². The molecule has 0 aromatic heterocycles. The predicted molar refractivity (Wildman–Crippen MR) is 92.8 cm³/mol. The molecule has 0 saturated heterocycles. The molecule has 0 amide bonds. The van der Waals surface area contributed by atoms with Gasteiger partial charge in [0.2, 0.25) is 0 Å². The molecule has 23 heavy (non-hydrogen) atoms. The lowest BCUT2D eigenvalue weighted by molar-refractivity contribution is 0.111. The van der Waals surface area contributed by atoms with Gasteiger partial charge in [0.1, 0.15) is 12.4 Å². The molecule has 0 saturated carbocycles. The second-order valence-electron chi connectivity index (χ2n) is 5.48. The highest BCUT2D eigenvalue weighted by atomic mass is 16.5. The van der Waals surface area contributed by atoms with Gasteiger partial charge in [-0.25, -0.2) is 0 Å². The van der Waals surface area contributed by atoms with Crippen LogP contribution in [0, 0.1) is 6.92 Å². The zero-order valence-corrected chi connectivity index (χ0v) is 13.0. The highest BCUT2D eigenvalue weighted by Crippen LogP contribution is 2.30. The Labute approximate surface area is 136 Å². The molecule has 3 aromatic rings. The number of aryl methyl sites for hydroxylation is 1. The summed E-state index contributed by atoms with van der Waals surface area (Å²) < 4.78 is 5.88. The molecule has 0 aliphatic carbocycles. The van der Waals surface area contributed by atoms with Gasteiger partial charge in [0.05, 0.1) is 5.56 Å². The van der Waals surface area contributed by atoms with E-state index in [1.807, 2.05) is 73.7 Å². The van der Waals surface area contributed by atoms with Crippen molar-refractivity contribution < 1.29 is 9.53 Å². The number of benzene rings is 3. The Morgan fingerprint density at radius 2 is 1.70 bits per heavy atom. The third-order valence-corrected chi connectivity index (χ3v) is 3.75. The molecule has 3 rings (SSSR count). The predicted octanol–water partition coefficient (Wildman–Crippen LogP) is 5.05. The second kappa shape index (κ2) is 6.93. The van der Waals surface area contributed by atoms with E-state index < -0.39 is 0 Å². The quantitative estimate of drug-likeness (QED) is 0.616. The highest BCUT2D eigenvalue weighted by Gasteiger charge is 2.11. The van der Waals surface area contributed by atoms with Crippen LogP contribution in [0.3, 0.4) is 0 Å². The van der Waals surface area contributed by atoms with Crippen LogP contribution in [0.25, 0.3) is 11.1 Å². The van der Waals surface area contributed by atoms with Crippen molar-refractivity contribution in [3.05, 3.63) is 89.5 Å². The molecule has 0 unspecified atom stereocenters. The molecule has 0 heterocycles. The van der Waals surface area contributed by atoms with E-state index in [2.05, 4.69) is 6.07 Å². The fraction of sp³-hybridized carbons (Fsp3) is 0.0952. The van der Waals surface area contributed by atoms with Gasteiger partial charge in [0, 0.05) is 0 Å². The molecule has 0 radical (unpaired) electrons. The highest BCUT2D eigenvalue weighted by molar-refractivity contribution is 5.91. The summed E-state index contributed by atoms with van der Waals surface area (Å²) in [7, 11) is 0. The van der Waals surface area contributed by atoms with Crippen molar-refractivity contribution in [2.24, 2.45) is 0 Å². The molecule has 0 spiro atoms. The fourth-order valence-electron chi connectivity index (χ4n) is 2.59. The van der Waals surface area contributed by atoms with Gasteiger partial charge in [-0.1, -0.05) is 72.3 Å². The lowest BCUT2D eigenvalue weighted by atomic mass is 9.98. The Morgan fingerprint density at radius 3 is 2.43 bits per heavy atom. The molecule has 2 heteroatoms. The summed E-state index contributed by atoms with van der Waals surface area (Å²) in [5.74, 6) is 0.614. The van der Waals surface area contributed by atoms with E-state index in [9.17, 15) is 4.79 Å². The van der Waals surface area contributed by atoms with Gasteiger partial charge in [-0.05, 0) is 29.7 Å². The second-order valence-corrected chi connectivity index (χ2v) is 5.48. The number of hydrogen-bond donors (Lipinski definition) is 0. The van der Waals surface area contributed by atoms with Crippen molar-refractivity contribution in [3.8, 4) is 16.9 Å². The monoisotopic (exact) mass is 302 g/mol. The zero-order chi connectivity index (χ0) is 16.1. The van der Waals surface area contributed by atoms with E-state index in [4.69, 9.17) is 4.74 Å². The summed E-state index contributed by atoms with van der Waals surface area (Å²) in [5.41, 5.74) is 4.75. The van der Waals surface area contributed by atoms with Gasteiger partial charge in [-0.2, -0.15) is 0 Å². The summed E-state index contributed by atoms with van der Waals surface area (Å²) in [6.07, 6.45) is 0.873. The number of hydrogen-bond acceptors (Lipinski definition) is 2. The molecular formula is C21H18O2. The minimum Gasteiger partial charge on any atom is -0.488 e.